The predicted octanol–water partition coefficient (Wildman–Crippen LogP) is 7.18. The number of benzene rings is 2. The van der Waals surface area contributed by atoms with Crippen LogP contribution >= 0.6 is 0 Å². The fourth-order valence-corrected chi connectivity index (χ4v) is 3.97. The number of hydrogen-bond acceptors (Lipinski definition) is 2. The summed E-state index contributed by atoms with van der Waals surface area (Å²) in [5.74, 6) is 0.809. The highest BCUT2D eigenvalue weighted by Gasteiger charge is 2.27. The van der Waals surface area contributed by atoms with Crippen molar-refractivity contribution in [3.8, 4) is 0 Å². The number of aromatic nitrogens is 2. The van der Waals surface area contributed by atoms with Crippen LogP contribution in [0.15, 0.2) is 60.9 Å². The number of hydrogen-bond donors (Lipinski definition) is 0. The minimum absolute atomic E-state index is 0.0659. The summed E-state index contributed by atoms with van der Waals surface area (Å²) in [5.41, 5.74) is 7.44. The first-order valence-electron chi connectivity index (χ1n) is 10.6. The van der Waals surface area contributed by atoms with E-state index in [9.17, 15) is 4.39 Å². The SMILES string of the molecule is CC.CC1C=CC(c2ccc3nccnc3c2)=C(c2ccc(F)c(C3CC3)c2)C1. The molecule has 0 N–H and O–H groups in total. The highest BCUT2D eigenvalue weighted by molar-refractivity contribution is 5.98. The summed E-state index contributed by atoms with van der Waals surface area (Å²) in [4.78, 5) is 8.81. The Bertz CT molecular complexity index is 1090. The third kappa shape index (κ3) is 4.00. The Morgan fingerprint density at radius 3 is 2.38 bits per heavy atom. The van der Waals surface area contributed by atoms with E-state index in [1.54, 1.807) is 18.5 Å². The van der Waals surface area contributed by atoms with Gasteiger partial charge in [-0.3, -0.25) is 9.97 Å². The van der Waals surface area contributed by atoms with Crippen molar-refractivity contribution in [1.29, 1.82) is 0 Å². The van der Waals surface area contributed by atoms with Gasteiger partial charge in [0.1, 0.15) is 5.82 Å². The topological polar surface area (TPSA) is 25.8 Å². The summed E-state index contributed by atoms with van der Waals surface area (Å²) in [7, 11) is 0. The fourth-order valence-electron chi connectivity index (χ4n) is 3.97. The molecule has 0 aliphatic heterocycles. The zero-order valence-electron chi connectivity index (χ0n) is 17.3. The minimum atomic E-state index is -0.0659. The second-order valence-corrected chi connectivity index (χ2v) is 7.70. The first-order valence-corrected chi connectivity index (χ1v) is 10.6. The van der Waals surface area contributed by atoms with Crippen LogP contribution in [0, 0.1) is 11.7 Å². The summed E-state index contributed by atoms with van der Waals surface area (Å²) in [6.45, 7) is 6.23. The molecule has 29 heavy (non-hydrogen) atoms. The van der Waals surface area contributed by atoms with Gasteiger partial charge in [-0.1, -0.05) is 45.1 Å². The lowest BCUT2D eigenvalue weighted by Crippen LogP contribution is -2.03. The standard InChI is InChI=1S/C24H21FN2.C2H6/c1-15-2-7-19(18-6-9-23-24(14-18)27-11-10-26-23)20(12-15)17-5-8-22(25)21(13-17)16-3-4-16;1-2/h2,5-11,13-16H,3-4,12H2,1H3;1-2H3. The molecule has 3 aromatic rings. The third-order valence-corrected chi connectivity index (χ3v) is 5.58. The number of fused-ring (bicyclic) bond motifs is 1. The van der Waals surface area contributed by atoms with Crippen molar-refractivity contribution >= 4 is 22.2 Å². The van der Waals surface area contributed by atoms with Crippen LogP contribution in [0.3, 0.4) is 0 Å². The van der Waals surface area contributed by atoms with E-state index in [-0.39, 0.29) is 5.82 Å². The van der Waals surface area contributed by atoms with Crippen molar-refractivity contribution in [3.63, 3.8) is 0 Å². The van der Waals surface area contributed by atoms with Gasteiger partial charge in [0.05, 0.1) is 11.0 Å². The molecule has 0 amide bonds. The van der Waals surface area contributed by atoms with Crippen LogP contribution in [0.25, 0.3) is 22.2 Å². The Balaban J connectivity index is 0.000000994. The van der Waals surface area contributed by atoms with Gasteiger partial charge in [0.25, 0.3) is 0 Å². The Morgan fingerprint density at radius 2 is 1.62 bits per heavy atom. The van der Waals surface area contributed by atoms with Crippen molar-refractivity contribution in [3.05, 3.63) is 83.5 Å². The molecule has 5 rings (SSSR count). The molecule has 1 fully saturated rings. The first-order chi connectivity index (χ1) is 14.2. The van der Waals surface area contributed by atoms with E-state index in [1.165, 1.54) is 11.1 Å². The second-order valence-electron chi connectivity index (χ2n) is 7.70. The summed E-state index contributed by atoms with van der Waals surface area (Å²) < 4.78 is 14.3. The Hall–Kier alpha value is -2.81. The molecule has 1 heterocycles. The molecule has 1 aromatic heterocycles. The number of nitrogens with zero attached hydrogens (tertiary/aromatic N) is 2. The van der Waals surface area contributed by atoms with Crippen LogP contribution in [-0.4, -0.2) is 9.97 Å². The van der Waals surface area contributed by atoms with E-state index < -0.39 is 0 Å². The molecule has 0 bridgehead atoms. The van der Waals surface area contributed by atoms with Crippen molar-refractivity contribution in [1.82, 2.24) is 9.97 Å². The first kappa shape index (κ1) is 19.5. The van der Waals surface area contributed by atoms with E-state index in [0.717, 1.165) is 47.0 Å². The highest BCUT2D eigenvalue weighted by Crippen LogP contribution is 2.44. The van der Waals surface area contributed by atoms with Crippen LogP contribution in [-0.2, 0) is 0 Å². The quantitative estimate of drug-likeness (QED) is 0.476. The Labute approximate surface area is 172 Å². The van der Waals surface area contributed by atoms with Gasteiger partial charge in [0, 0.05) is 12.4 Å². The molecule has 2 nitrogen and oxygen atoms in total. The summed E-state index contributed by atoms with van der Waals surface area (Å²) in [6.07, 6.45) is 11.1. The largest absolute Gasteiger partial charge is 0.253 e. The van der Waals surface area contributed by atoms with E-state index >= 15 is 0 Å². The van der Waals surface area contributed by atoms with Gasteiger partial charge < -0.3 is 0 Å². The van der Waals surface area contributed by atoms with Crippen LogP contribution in [0.1, 0.15) is 62.6 Å². The predicted molar refractivity (Wildman–Crippen MR) is 119 cm³/mol. The molecule has 3 heteroatoms. The van der Waals surface area contributed by atoms with Gasteiger partial charge in [-0.2, -0.15) is 0 Å². The maximum absolute atomic E-state index is 14.3. The summed E-state index contributed by atoms with van der Waals surface area (Å²) in [6, 6.07) is 11.9. The molecule has 1 atom stereocenters. The van der Waals surface area contributed by atoms with Gasteiger partial charge in [0.15, 0.2) is 0 Å². The molecule has 1 saturated carbocycles. The van der Waals surface area contributed by atoms with Crippen LogP contribution in [0.4, 0.5) is 4.39 Å². The van der Waals surface area contributed by atoms with Crippen molar-refractivity contribution in [2.75, 3.05) is 0 Å². The Kier molecular flexibility index (Phi) is 5.57. The zero-order chi connectivity index (χ0) is 20.4. The highest BCUT2D eigenvalue weighted by atomic mass is 19.1. The van der Waals surface area contributed by atoms with Crippen molar-refractivity contribution in [2.45, 2.75) is 46.0 Å². The van der Waals surface area contributed by atoms with Gasteiger partial charge in [-0.15, -0.1) is 0 Å². The van der Waals surface area contributed by atoms with Gasteiger partial charge in [0.2, 0.25) is 0 Å². The van der Waals surface area contributed by atoms with Crippen LogP contribution < -0.4 is 0 Å². The molecule has 0 radical (unpaired) electrons. The summed E-state index contributed by atoms with van der Waals surface area (Å²) >= 11 is 0. The van der Waals surface area contributed by atoms with Gasteiger partial charge in [-0.25, -0.2) is 4.39 Å². The lowest BCUT2D eigenvalue weighted by atomic mass is 9.83. The average molecular weight is 387 g/mol. The maximum Gasteiger partial charge on any atom is 0.126 e. The Morgan fingerprint density at radius 1 is 0.897 bits per heavy atom. The molecule has 2 aliphatic rings. The number of halogens is 1. The molecule has 0 spiro atoms. The number of rotatable bonds is 3. The second kappa shape index (κ2) is 8.28. The lowest BCUT2D eigenvalue weighted by molar-refractivity contribution is 0.610. The smallest absolute Gasteiger partial charge is 0.126 e. The molecule has 2 aliphatic carbocycles. The lowest BCUT2D eigenvalue weighted by Gasteiger charge is -2.22. The molecular weight excluding hydrogens is 359 g/mol. The minimum Gasteiger partial charge on any atom is -0.253 e. The molecular formula is C26H27FN2. The van der Waals surface area contributed by atoms with E-state index in [0.29, 0.717) is 11.8 Å². The van der Waals surface area contributed by atoms with Gasteiger partial charge in [-0.05, 0) is 83.2 Å². The molecule has 1 unspecified atom stereocenters. The van der Waals surface area contributed by atoms with E-state index in [1.807, 2.05) is 26.0 Å². The maximum atomic E-state index is 14.3. The molecule has 0 saturated heterocycles. The summed E-state index contributed by atoms with van der Waals surface area (Å²) in [5, 5.41) is 0. The van der Waals surface area contributed by atoms with E-state index in [4.69, 9.17) is 0 Å². The number of allylic oxidation sites excluding steroid dienone is 4. The average Bonchev–Trinajstić information content (AvgIpc) is 3.60. The monoisotopic (exact) mass is 386 g/mol. The molecule has 148 valence electrons. The normalized spacial score (nSPS) is 18.6. The zero-order valence-corrected chi connectivity index (χ0v) is 17.3. The van der Waals surface area contributed by atoms with E-state index in [2.05, 4.69) is 47.2 Å². The molecule has 2 aromatic carbocycles. The van der Waals surface area contributed by atoms with Crippen molar-refractivity contribution < 1.29 is 4.39 Å². The van der Waals surface area contributed by atoms with Crippen LogP contribution in [0.2, 0.25) is 0 Å². The van der Waals surface area contributed by atoms with Gasteiger partial charge >= 0.3 is 0 Å². The fraction of sp³-hybridized carbons (Fsp3) is 0.308. The van der Waals surface area contributed by atoms with Crippen LogP contribution in [0.5, 0.6) is 0 Å². The third-order valence-electron chi connectivity index (χ3n) is 5.58. The van der Waals surface area contributed by atoms with Crippen molar-refractivity contribution in [2.24, 2.45) is 5.92 Å².